The zero-order valence-electron chi connectivity index (χ0n) is 19.3. The number of carboxylic acid groups (broad SMARTS) is 1. The van der Waals surface area contributed by atoms with Gasteiger partial charge in [-0.3, -0.25) is 9.59 Å². The van der Waals surface area contributed by atoms with Crippen LogP contribution in [0.5, 0.6) is 5.75 Å². The van der Waals surface area contributed by atoms with E-state index >= 15 is 0 Å². The summed E-state index contributed by atoms with van der Waals surface area (Å²) < 4.78 is 5.84. The summed E-state index contributed by atoms with van der Waals surface area (Å²) in [4.78, 5) is 36.9. The number of fused-ring (bicyclic) bond motifs is 2. The lowest BCUT2D eigenvalue weighted by Gasteiger charge is -2.17. The Morgan fingerprint density at radius 3 is 2.46 bits per heavy atom. The molecule has 8 heteroatoms. The largest absolute Gasteiger partial charge is 0.508 e. The van der Waals surface area contributed by atoms with Crippen molar-refractivity contribution in [3.8, 4) is 28.2 Å². The van der Waals surface area contributed by atoms with Gasteiger partial charge in [-0.25, -0.2) is 4.79 Å². The molecule has 0 aromatic heterocycles. The first-order valence-electron chi connectivity index (χ1n) is 11.4. The number of carboxylic acids is 1. The summed E-state index contributed by atoms with van der Waals surface area (Å²) >= 11 is 0. The number of carbonyl (C=O) groups excluding carboxylic acids is 1. The number of rotatable bonds is 9. The molecule has 0 saturated heterocycles. The number of phenols is 1. The van der Waals surface area contributed by atoms with Crippen LogP contribution in [0.25, 0.3) is 33.4 Å². The van der Waals surface area contributed by atoms with Gasteiger partial charge in [0.25, 0.3) is 5.91 Å². The zero-order chi connectivity index (χ0) is 24.9. The number of aromatic carboxylic acids is 1. The Morgan fingerprint density at radius 1 is 0.914 bits per heavy atom. The van der Waals surface area contributed by atoms with E-state index in [0.29, 0.717) is 34.2 Å². The minimum Gasteiger partial charge on any atom is -0.508 e. The molecule has 2 aromatic carbocycles. The molecule has 0 fully saturated rings. The maximum Gasteiger partial charge on any atom is 0.336 e. The van der Waals surface area contributed by atoms with Crippen LogP contribution in [0.3, 0.4) is 0 Å². The lowest BCUT2D eigenvalue weighted by atomic mass is 9.90. The molecule has 4 N–H and O–H groups in total. The highest BCUT2D eigenvalue weighted by Gasteiger charge is 2.23. The number of phenolic OH excluding ortho intramolecular Hbond substituents is 1. The number of hydrogen-bond acceptors (Lipinski definition) is 6. The number of amides is 1. The van der Waals surface area contributed by atoms with Gasteiger partial charge in [0.15, 0.2) is 5.43 Å². The average Bonchev–Trinajstić information content (AvgIpc) is 2.84. The number of nitrogens with one attached hydrogen (secondary N) is 2. The molecule has 180 valence electrons. The molecule has 4 rings (SSSR count). The summed E-state index contributed by atoms with van der Waals surface area (Å²) in [6, 6.07) is 13.4. The highest BCUT2D eigenvalue weighted by molar-refractivity contribution is 6.09. The molecule has 0 saturated carbocycles. The van der Waals surface area contributed by atoms with Gasteiger partial charge in [0, 0.05) is 40.8 Å². The summed E-state index contributed by atoms with van der Waals surface area (Å²) in [5.41, 5.74) is 1.68. The summed E-state index contributed by atoms with van der Waals surface area (Å²) in [7, 11) is 1.90. The van der Waals surface area contributed by atoms with Gasteiger partial charge in [0.05, 0.1) is 5.56 Å². The molecular formula is C27H26N2O6. The maximum atomic E-state index is 12.7. The van der Waals surface area contributed by atoms with Crippen LogP contribution in [-0.4, -0.2) is 42.2 Å². The third-order valence-corrected chi connectivity index (χ3v) is 5.85. The predicted molar refractivity (Wildman–Crippen MR) is 133 cm³/mol. The van der Waals surface area contributed by atoms with Crippen LogP contribution in [0, 0.1) is 0 Å². The highest BCUT2D eigenvalue weighted by Crippen LogP contribution is 2.42. The van der Waals surface area contributed by atoms with E-state index in [-0.39, 0.29) is 34.0 Å². The van der Waals surface area contributed by atoms with Crippen LogP contribution in [-0.2, 0) is 0 Å². The third-order valence-electron chi connectivity index (χ3n) is 5.85. The van der Waals surface area contributed by atoms with Crippen molar-refractivity contribution in [2.24, 2.45) is 0 Å². The molecule has 1 aliphatic heterocycles. The second-order valence-electron chi connectivity index (χ2n) is 8.30. The van der Waals surface area contributed by atoms with Gasteiger partial charge in [-0.15, -0.1) is 0 Å². The molecule has 1 heterocycles. The van der Waals surface area contributed by atoms with Crippen molar-refractivity contribution in [3.63, 3.8) is 0 Å². The van der Waals surface area contributed by atoms with Crippen LogP contribution >= 0.6 is 0 Å². The van der Waals surface area contributed by atoms with Crippen molar-refractivity contribution in [2.45, 2.75) is 19.3 Å². The molecule has 2 aliphatic rings. The van der Waals surface area contributed by atoms with Gasteiger partial charge < -0.3 is 25.3 Å². The van der Waals surface area contributed by atoms with Crippen LogP contribution < -0.4 is 16.1 Å². The fraction of sp³-hybridized carbons (Fsp3) is 0.222. The van der Waals surface area contributed by atoms with Crippen molar-refractivity contribution in [1.82, 2.24) is 10.6 Å². The number of aromatic hydroxyl groups is 1. The second-order valence-corrected chi connectivity index (χ2v) is 8.30. The van der Waals surface area contributed by atoms with E-state index in [2.05, 4.69) is 10.6 Å². The molecule has 0 spiro atoms. The van der Waals surface area contributed by atoms with Crippen LogP contribution in [0.2, 0.25) is 0 Å². The van der Waals surface area contributed by atoms with Crippen molar-refractivity contribution < 1.29 is 24.2 Å². The molecule has 2 aromatic rings. The minimum absolute atomic E-state index is 0.0266. The van der Waals surface area contributed by atoms with Crippen LogP contribution in [0.15, 0.2) is 63.8 Å². The third kappa shape index (κ3) is 5.17. The van der Waals surface area contributed by atoms with E-state index in [0.717, 1.165) is 25.8 Å². The summed E-state index contributed by atoms with van der Waals surface area (Å²) in [5.74, 6) is -1.29. The second kappa shape index (κ2) is 10.4. The fourth-order valence-corrected chi connectivity index (χ4v) is 4.14. The highest BCUT2D eigenvalue weighted by atomic mass is 16.4. The Kier molecular flexibility index (Phi) is 7.12. The average molecular weight is 475 g/mol. The first kappa shape index (κ1) is 24.0. The summed E-state index contributed by atoms with van der Waals surface area (Å²) in [6.07, 6.45) is 2.82. The topological polar surface area (TPSA) is 129 Å². The lowest BCUT2D eigenvalue weighted by Crippen LogP contribution is -2.25. The standard InChI is InChI=1S/C27H26N2O6/c1-28-11-3-2-4-12-29-26(32)16-5-8-19(22(13-16)27(33)34)25-20-9-6-17(30)14-23(20)35-24-15-18(31)7-10-21(24)25/h5-10,13-15,28,30H,2-4,11-12H2,1H3,(H,29,32)(H,33,34). The zero-order valence-corrected chi connectivity index (χ0v) is 19.3. The molecular weight excluding hydrogens is 448 g/mol. The lowest BCUT2D eigenvalue weighted by molar-refractivity contribution is 0.0697. The normalized spacial score (nSPS) is 11.1. The molecule has 1 amide bonds. The van der Waals surface area contributed by atoms with Gasteiger partial charge in [0.1, 0.15) is 17.1 Å². The van der Waals surface area contributed by atoms with Crippen molar-refractivity contribution in [1.29, 1.82) is 0 Å². The molecule has 0 atom stereocenters. The van der Waals surface area contributed by atoms with Gasteiger partial charge in [-0.05, 0) is 68.4 Å². The van der Waals surface area contributed by atoms with Gasteiger partial charge in [-0.2, -0.15) is 0 Å². The Hall–Kier alpha value is -4.17. The Labute approximate surface area is 201 Å². The first-order valence-corrected chi connectivity index (χ1v) is 11.4. The Balaban J connectivity index is 1.76. The van der Waals surface area contributed by atoms with Crippen LogP contribution in [0.1, 0.15) is 40.0 Å². The first-order chi connectivity index (χ1) is 16.9. The summed E-state index contributed by atoms with van der Waals surface area (Å²) in [6.45, 7) is 1.42. The molecule has 0 radical (unpaired) electrons. The van der Waals surface area contributed by atoms with Crippen molar-refractivity contribution in [2.75, 3.05) is 20.1 Å². The van der Waals surface area contributed by atoms with E-state index in [1.54, 1.807) is 24.3 Å². The van der Waals surface area contributed by atoms with E-state index in [9.17, 15) is 24.6 Å². The fourth-order valence-electron chi connectivity index (χ4n) is 4.14. The SMILES string of the molecule is CNCCCCCNC(=O)c1ccc(-c2c3ccc(=O)cc-3oc3cc(O)ccc23)c(C(=O)O)c1. The molecule has 1 aliphatic carbocycles. The van der Waals surface area contributed by atoms with Gasteiger partial charge >= 0.3 is 5.97 Å². The number of hydrogen-bond donors (Lipinski definition) is 4. The molecule has 0 unspecified atom stereocenters. The predicted octanol–water partition coefficient (Wildman–Crippen LogP) is 4.09. The Bertz CT molecular complexity index is 1430. The van der Waals surface area contributed by atoms with Crippen LogP contribution in [0.4, 0.5) is 0 Å². The van der Waals surface area contributed by atoms with E-state index in [1.807, 2.05) is 7.05 Å². The van der Waals surface area contributed by atoms with Gasteiger partial charge in [0.2, 0.25) is 0 Å². The molecule has 35 heavy (non-hydrogen) atoms. The summed E-state index contributed by atoms with van der Waals surface area (Å²) in [5, 5.41) is 26.4. The minimum atomic E-state index is -1.19. The van der Waals surface area contributed by atoms with Crippen molar-refractivity contribution in [3.05, 3.63) is 75.9 Å². The number of carbonyl (C=O) groups is 2. The van der Waals surface area contributed by atoms with Crippen molar-refractivity contribution >= 4 is 22.8 Å². The quantitative estimate of drug-likeness (QED) is 0.212. The number of benzene rings is 3. The number of unbranched alkanes of at least 4 members (excludes halogenated alkanes) is 2. The van der Waals surface area contributed by atoms with Gasteiger partial charge in [-0.1, -0.05) is 12.5 Å². The maximum absolute atomic E-state index is 12.7. The monoisotopic (exact) mass is 474 g/mol. The Morgan fingerprint density at radius 2 is 1.69 bits per heavy atom. The molecule has 0 bridgehead atoms. The van der Waals surface area contributed by atoms with E-state index in [4.69, 9.17) is 4.42 Å². The smallest absolute Gasteiger partial charge is 0.336 e. The van der Waals surface area contributed by atoms with E-state index < -0.39 is 5.97 Å². The van der Waals surface area contributed by atoms with E-state index in [1.165, 1.54) is 30.3 Å². The molecule has 8 nitrogen and oxygen atoms in total.